The standard InChI is InChI=1S/C21H24N2O2S/c1-15-8-10-17(11-9-15)25-14-20(24)22-12-13-26-21-16(2)23(3)19-7-5-4-6-18(19)21/h4-11H,12-14H2,1-3H3,(H,22,24). The van der Waals surface area contributed by atoms with Gasteiger partial charge in [0.1, 0.15) is 5.75 Å². The number of rotatable bonds is 7. The van der Waals surface area contributed by atoms with Gasteiger partial charge in [0.2, 0.25) is 0 Å². The van der Waals surface area contributed by atoms with Gasteiger partial charge in [-0.3, -0.25) is 4.79 Å². The maximum Gasteiger partial charge on any atom is 0.257 e. The number of aryl methyl sites for hydroxylation is 2. The molecule has 3 aromatic rings. The number of para-hydroxylation sites is 1. The fourth-order valence-corrected chi connectivity index (χ4v) is 3.93. The van der Waals surface area contributed by atoms with Crippen LogP contribution in [-0.2, 0) is 11.8 Å². The van der Waals surface area contributed by atoms with E-state index in [4.69, 9.17) is 4.74 Å². The van der Waals surface area contributed by atoms with Gasteiger partial charge in [0, 0.05) is 40.8 Å². The number of aromatic nitrogens is 1. The molecular weight excluding hydrogens is 344 g/mol. The van der Waals surface area contributed by atoms with Crippen molar-refractivity contribution in [2.45, 2.75) is 18.7 Å². The lowest BCUT2D eigenvalue weighted by atomic mass is 10.2. The topological polar surface area (TPSA) is 43.3 Å². The number of ether oxygens (including phenoxy) is 1. The Morgan fingerprint density at radius 2 is 1.85 bits per heavy atom. The third-order valence-electron chi connectivity index (χ3n) is 4.40. The number of benzene rings is 2. The molecule has 0 aliphatic heterocycles. The number of hydrogen-bond donors (Lipinski definition) is 1. The average Bonchev–Trinajstić information content (AvgIpc) is 2.89. The molecule has 136 valence electrons. The van der Waals surface area contributed by atoms with Gasteiger partial charge in [-0.1, -0.05) is 35.9 Å². The first-order valence-corrected chi connectivity index (χ1v) is 9.68. The summed E-state index contributed by atoms with van der Waals surface area (Å²) in [4.78, 5) is 13.2. The maximum atomic E-state index is 11.9. The Morgan fingerprint density at radius 3 is 2.62 bits per heavy atom. The van der Waals surface area contributed by atoms with Gasteiger partial charge in [-0.15, -0.1) is 11.8 Å². The minimum absolute atomic E-state index is 0.0427. The number of hydrogen-bond acceptors (Lipinski definition) is 3. The van der Waals surface area contributed by atoms with Crippen LogP contribution in [0.4, 0.5) is 0 Å². The molecule has 0 radical (unpaired) electrons. The quantitative estimate of drug-likeness (QED) is 0.505. The second-order valence-electron chi connectivity index (χ2n) is 6.29. The molecule has 0 fully saturated rings. The molecule has 0 aliphatic rings. The molecule has 0 spiro atoms. The van der Waals surface area contributed by atoms with E-state index >= 15 is 0 Å². The Labute approximate surface area is 158 Å². The van der Waals surface area contributed by atoms with Crippen molar-refractivity contribution in [3.63, 3.8) is 0 Å². The van der Waals surface area contributed by atoms with Gasteiger partial charge in [-0.2, -0.15) is 0 Å². The zero-order chi connectivity index (χ0) is 18.5. The van der Waals surface area contributed by atoms with Crippen molar-refractivity contribution in [3.05, 3.63) is 59.8 Å². The molecule has 0 saturated carbocycles. The molecule has 0 aliphatic carbocycles. The van der Waals surface area contributed by atoms with E-state index in [2.05, 4.69) is 48.1 Å². The Kier molecular flexibility index (Phi) is 5.89. The highest BCUT2D eigenvalue weighted by Gasteiger charge is 2.11. The van der Waals surface area contributed by atoms with E-state index < -0.39 is 0 Å². The van der Waals surface area contributed by atoms with Gasteiger partial charge in [0.05, 0.1) is 0 Å². The van der Waals surface area contributed by atoms with Crippen molar-refractivity contribution in [2.24, 2.45) is 7.05 Å². The summed E-state index contributed by atoms with van der Waals surface area (Å²) in [5.41, 5.74) is 3.66. The van der Waals surface area contributed by atoms with Crippen molar-refractivity contribution in [3.8, 4) is 5.75 Å². The number of nitrogens with one attached hydrogen (secondary N) is 1. The summed E-state index contributed by atoms with van der Waals surface area (Å²) in [6.07, 6.45) is 0. The molecule has 1 heterocycles. The number of amides is 1. The second-order valence-corrected chi connectivity index (χ2v) is 7.40. The Balaban J connectivity index is 1.46. The normalized spacial score (nSPS) is 10.9. The van der Waals surface area contributed by atoms with Gasteiger partial charge < -0.3 is 14.6 Å². The van der Waals surface area contributed by atoms with E-state index in [-0.39, 0.29) is 12.5 Å². The molecule has 0 saturated heterocycles. The minimum Gasteiger partial charge on any atom is -0.484 e. The molecule has 5 heteroatoms. The predicted molar refractivity (Wildman–Crippen MR) is 108 cm³/mol. The van der Waals surface area contributed by atoms with Crippen molar-refractivity contribution >= 4 is 28.6 Å². The van der Waals surface area contributed by atoms with Gasteiger partial charge in [-0.25, -0.2) is 0 Å². The summed E-state index contributed by atoms with van der Waals surface area (Å²) in [5, 5.41) is 4.19. The summed E-state index contributed by atoms with van der Waals surface area (Å²) >= 11 is 1.78. The van der Waals surface area contributed by atoms with Crippen molar-refractivity contribution < 1.29 is 9.53 Å². The van der Waals surface area contributed by atoms with Crippen molar-refractivity contribution in [2.75, 3.05) is 18.9 Å². The molecule has 0 bridgehead atoms. The lowest BCUT2D eigenvalue weighted by molar-refractivity contribution is -0.122. The van der Waals surface area contributed by atoms with E-state index in [0.29, 0.717) is 12.3 Å². The molecule has 26 heavy (non-hydrogen) atoms. The minimum atomic E-state index is -0.0965. The van der Waals surface area contributed by atoms with Crippen LogP contribution in [0.5, 0.6) is 5.75 Å². The summed E-state index contributed by atoms with van der Waals surface area (Å²) in [7, 11) is 2.09. The lowest BCUT2D eigenvalue weighted by Gasteiger charge is -2.08. The number of carbonyl (C=O) groups is 1. The number of fused-ring (bicyclic) bond motifs is 1. The molecular formula is C21H24N2O2S. The number of carbonyl (C=O) groups excluding carboxylic acids is 1. The smallest absolute Gasteiger partial charge is 0.257 e. The van der Waals surface area contributed by atoms with Crippen LogP contribution in [-0.4, -0.2) is 29.4 Å². The molecule has 0 atom stereocenters. The van der Waals surface area contributed by atoms with Crippen LogP contribution in [0.25, 0.3) is 10.9 Å². The zero-order valence-corrected chi connectivity index (χ0v) is 16.2. The van der Waals surface area contributed by atoms with Gasteiger partial charge in [-0.05, 0) is 32.0 Å². The van der Waals surface area contributed by atoms with Crippen LogP contribution in [0.2, 0.25) is 0 Å². The summed E-state index contributed by atoms with van der Waals surface area (Å²) in [6, 6.07) is 16.1. The number of thioether (sulfide) groups is 1. The van der Waals surface area contributed by atoms with Gasteiger partial charge in [0.25, 0.3) is 5.91 Å². The Hall–Kier alpha value is -2.40. The van der Waals surface area contributed by atoms with Crippen LogP contribution in [0, 0.1) is 13.8 Å². The highest BCUT2D eigenvalue weighted by atomic mass is 32.2. The lowest BCUT2D eigenvalue weighted by Crippen LogP contribution is -2.30. The fraction of sp³-hybridized carbons (Fsp3) is 0.286. The van der Waals surface area contributed by atoms with E-state index in [9.17, 15) is 4.79 Å². The Morgan fingerprint density at radius 1 is 1.12 bits per heavy atom. The highest BCUT2D eigenvalue weighted by Crippen LogP contribution is 2.32. The zero-order valence-electron chi connectivity index (χ0n) is 15.4. The molecule has 1 amide bonds. The average molecular weight is 369 g/mol. The van der Waals surface area contributed by atoms with E-state index in [1.807, 2.05) is 31.2 Å². The molecule has 1 aromatic heterocycles. The second kappa shape index (κ2) is 8.32. The van der Waals surface area contributed by atoms with Crippen molar-refractivity contribution in [1.82, 2.24) is 9.88 Å². The summed E-state index contributed by atoms with van der Waals surface area (Å²) in [6.45, 7) is 4.81. The van der Waals surface area contributed by atoms with Gasteiger partial charge in [0.15, 0.2) is 6.61 Å². The molecule has 4 nitrogen and oxygen atoms in total. The molecule has 0 unspecified atom stereocenters. The highest BCUT2D eigenvalue weighted by molar-refractivity contribution is 7.99. The molecule has 1 N–H and O–H groups in total. The monoisotopic (exact) mass is 368 g/mol. The maximum absolute atomic E-state index is 11.9. The first-order chi connectivity index (χ1) is 12.6. The summed E-state index contributed by atoms with van der Waals surface area (Å²) in [5.74, 6) is 1.44. The fourth-order valence-electron chi connectivity index (χ4n) is 2.85. The van der Waals surface area contributed by atoms with Crippen molar-refractivity contribution in [1.29, 1.82) is 0 Å². The summed E-state index contributed by atoms with van der Waals surface area (Å²) < 4.78 is 7.71. The van der Waals surface area contributed by atoms with Crippen LogP contribution in [0.1, 0.15) is 11.3 Å². The van der Waals surface area contributed by atoms with E-state index in [1.54, 1.807) is 11.8 Å². The SMILES string of the molecule is Cc1ccc(OCC(=O)NCCSc2c(C)n(C)c3ccccc23)cc1. The van der Waals surface area contributed by atoms with Gasteiger partial charge >= 0.3 is 0 Å². The van der Waals surface area contributed by atoms with E-state index in [1.165, 1.54) is 27.1 Å². The molecule has 3 rings (SSSR count). The first kappa shape index (κ1) is 18.4. The number of nitrogens with zero attached hydrogens (tertiary/aromatic N) is 1. The molecule has 2 aromatic carbocycles. The predicted octanol–water partition coefficient (Wildman–Crippen LogP) is 4.08. The largest absolute Gasteiger partial charge is 0.484 e. The Bertz CT molecular complexity index is 900. The van der Waals surface area contributed by atoms with E-state index in [0.717, 1.165) is 5.75 Å². The first-order valence-electron chi connectivity index (χ1n) is 8.69. The third-order valence-corrected chi connectivity index (χ3v) is 5.62. The third kappa shape index (κ3) is 4.22. The van der Waals surface area contributed by atoms with Crippen LogP contribution in [0.15, 0.2) is 53.4 Å². The van der Waals surface area contributed by atoms with Crippen LogP contribution >= 0.6 is 11.8 Å². The van der Waals surface area contributed by atoms with Crippen LogP contribution in [0.3, 0.4) is 0 Å². The van der Waals surface area contributed by atoms with Crippen LogP contribution < -0.4 is 10.1 Å².